The van der Waals surface area contributed by atoms with Gasteiger partial charge >= 0.3 is 0 Å². The molecular weight excluding hydrogens is 486 g/mol. The smallest absolute Gasteiger partial charge is 0.176 e. The highest BCUT2D eigenvalue weighted by molar-refractivity contribution is 7.90. The number of aromatic nitrogens is 2. The maximum absolute atomic E-state index is 15.1. The fraction of sp³-hybridized carbons (Fsp3) is 0.231. The van der Waals surface area contributed by atoms with E-state index in [1.165, 1.54) is 6.07 Å². The summed E-state index contributed by atoms with van der Waals surface area (Å²) in [6, 6.07) is 10.3. The third kappa shape index (κ3) is 4.61. The van der Waals surface area contributed by atoms with Crippen LogP contribution < -0.4 is 10.2 Å². The van der Waals surface area contributed by atoms with Crippen LogP contribution in [0.4, 0.5) is 25.8 Å². The SMILES string of the molecule is Cc1c(-c2ccccc2S(C)(=O)=O)nc2cc(F)cc(F)c2c1Nc1cncc(N2CCOCC2)c1. The Morgan fingerprint density at radius 1 is 1.06 bits per heavy atom. The molecule has 1 aliphatic rings. The highest BCUT2D eigenvalue weighted by Crippen LogP contribution is 2.39. The molecule has 10 heteroatoms. The molecule has 1 saturated heterocycles. The molecule has 186 valence electrons. The van der Waals surface area contributed by atoms with Crippen LogP contribution in [-0.2, 0) is 14.6 Å². The minimum absolute atomic E-state index is 0.0659. The first-order valence-electron chi connectivity index (χ1n) is 11.4. The standard InChI is InChI=1S/C26H24F2N4O3S/c1-16-25(20-5-3-4-6-23(20)36(2,33)34)31-22-12-17(27)11-21(28)24(22)26(16)30-18-13-19(15-29-14-18)32-7-9-35-10-8-32/h3-6,11-15H,7-10H2,1-2H3,(H,30,31). The van der Waals surface area contributed by atoms with E-state index in [4.69, 9.17) is 4.74 Å². The second kappa shape index (κ2) is 9.44. The van der Waals surface area contributed by atoms with Gasteiger partial charge in [-0.25, -0.2) is 22.2 Å². The Hall–Kier alpha value is -3.63. The number of nitrogens with one attached hydrogen (secondary N) is 1. The Labute approximate surface area is 207 Å². The summed E-state index contributed by atoms with van der Waals surface area (Å²) in [4.78, 5) is 11.1. The molecule has 1 N–H and O–H groups in total. The molecule has 0 unspecified atom stereocenters. The van der Waals surface area contributed by atoms with Gasteiger partial charge in [0, 0.05) is 37.0 Å². The maximum Gasteiger partial charge on any atom is 0.176 e. The molecule has 4 aromatic rings. The van der Waals surface area contributed by atoms with Gasteiger partial charge in [-0.1, -0.05) is 18.2 Å². The molecule has 0 amide bonds. The summed E-state index contributed by atoms with van der Waals surface area (Å²) >= 11 is 0. The first-order valence-corrected chi connectivity index (χ1v) is 13.2. The van der Waals surface area contributed by atoms with Gasteiger partial charge in [0.05, 0.1) is 64.2 Å². The number of pyridine rings is 2. The molecule has 0 bridgehead atoms. The van der Waals surface area contributed by atoms with Gasteiger partial charge in [-0.15, -0.1) is 0 Å². The molecule has 0 radical (unpaired) electrons. The van der Waals surface area contributed by atoms with Crippen molar-refractivity contribution in [3.05, 3.63) is 72.1 Å². The van der Waals surface area contributed by atoms with E-state index >= 15 is 4.39 Å². The van der Waals surface area contributed by atoms with Crippen LogP contribution in [0.1, 0.15) is 5.56 Å². The van der Waals surface area contributed by atoms with Crippen molar-refractivity contribution in [3.8, 4) is 11.3 Å². The maximum atomic E-state index is 15.1. The summed E-state index contributed by atoms with van der Waals surface area (Å²) in [7, 11) is -3.59. The number of fused-ring (bicyclic) bond motifs is 1. The number of anilines is 3. The minimum atomic E-state index is -3.59. The summed E-state index contributed by atoms with van der Waals surface area (Å²) in [6.45, 7) is 4.41. The molecule has 0 atom stereocenters. The van der Waals surface area contributed by atoms with Crippen molar-refractivity contribution in [2.75, 3.05) is 42.8 Å². The van der Waals surface area contributed by atoms with Crippen molar-refractivity contribution in [2.24, 2.45) is 0 Å². The van der Waals surface area contributed by atoms with Crippen LogP contribution in [0.5, 0.6) is 0 Å². The van der Waals surface area contributed by atoms with E-state index in [-0.39, 0.29) is 15.8 Å². The summed E-state index contributed by atoms with van der Waals surface area (Å²) in [5.41, 5.74) is 3.09. The first kappa shape index (κ1) is 24.1. The molecule has 7 nitrogen and oxygen atoms in total. The molecule has 1 aliphatic heterocycles. The monoisotopic (exact) mass is 510 g/mol. The lowest BCUT2D eigenvalue weighted by molar-refractivity contribution is 0.122. The third-order valence-corrected chi connectivity index (χ3v) is 7.31. The van der Waals surface area contributed by atoms with Gasteiger partial charge in [0.15, 0.2) is 9.84 Å². The van der Waals surface area contributed by atoms with Gasteiger partial charge in [0.2, 0.25) is 0 Å². The van der Waals surface area contributed by atoms with Crippen molar-refractivity contribution in [2.45, 2.75) is 11.8 Å². The van der Waals surface area contributed by atoms with E-state index in [9.17, 15) is 12.8 Å². The number of hydrogen-bond acceptors (Lipinski definition) is 7. The summed E-state index contributed by atoms with van der Waals surface area (Å²) in [5, 5.41) is 3.35. The Kier molecular flexibility index (Phi) is 6.31. The number of hydrogen-bond donors (Lipinski definition) is 1. The molecule has 0 saturated carbocycles. The van der Waals surface area contributed by atoms with E-state index < -0.39 is 21.5 Å². The van der Waals surface area contributed by atoms with E-state index in [1.54, 1.807) is 37.5 Å². The number of benzene rings is 2. The molecule has 5 rings (SSSR count). The second-order valence-corrected chi connectivity index (χ2v) is 10.7. The summed E-state index contributed by atoms with van der Waals surface area (Å²) in [6.07, 6.45) is 4.47. The van der Waals surface area contributed by atoms with Gasteiger partial charge in [0.25, 0.3) is 0 Å². The van der Waals surface area contributed by atoms with E-state index in [2.05, 4.69) is 20.2 Å². The van der Waals surface area contributed by atoms with Crippen LogP contribution >= 0.6 is 0 Å². The van der Waals surface area contributed by atoms with Gasteiger partial charge in [-0.3, -0.25) is 4.98 Å². The summed E-state index contributed by atoms with van der Waals surface area (Å²) in [5.74, 6) is -1.55. The molecule has 36 heavy (non-hydrogen) atoms. The van der Waals surface area contributed by atoms with Gasteiger partial charge in [-0.2, -0.15) is 0 Å². The predicted molar refractivity (Wildman–Crippen MR) is 135 cm³/mol. The van der Waals surface area contributed by atoms with Crippen molar-refractivity contribution in [1.29, 1.82) is 0 Å². The number of sulfone groups is 1. The average Bonchev–Trinajstić information content (AvgIpc) is 2.85. The largest absolute Gasteiger partial charge is 0.378 e. The molecule has 2 aromatic carbocycles. The van der Waals surface area contributed by atoms with Crippen LogP contribution in [-0.4, -0.2) is 50.9 Å². The zero-order chi connectivity index (χ0) is 25.4. The average molecular weight is 511 g/mol. The lowest BCUT2D eigenvalue weighted by atomic mass is 10.0. The zero-order valence-electron chi connectivity index (χ0n) is 19.8. The molecule has 1 fully saturated rings. The Balaban J connectivity index is 1.70. The van der Waals surface area contributed by atoms with Crippen LogP contribution in [0.3, 0.4) is 0 Å². The van der Waals surface area contributed by atoms with Crippen LogP contribution in [0.15, 0.2) is 59.8 Å². The van der Waals surface area contributed by atoms with Crippen molar-refractivity contribution >= 4 is 37.8 Å². The van der Waals surface area contributed by atoms with Crippen LogP contribution in [0.2, 0.25) is 0 Å². The highest BCUT2D eigenvalue weighted by Gasteiger charge is 2.22. The Bertz CT molecular complexity index is 1570. The minimum Gasteiger partial charge on any atom is -0.378 e. The molecule has 0 aliphatic carbocycles. The van der Waals surface area contributed by atoms with Gasteiger partial charge < -0.3 is 15.0 Å². The quantitative estimate of drug-likeness (QED) is 0.410. The van der Waals surface area contributed by atoms with E-state index in [1.807, 2.05) is 6.07 Å². The normalized spacial score (nSPS) is 14.3. The number of nitrogens with zero attached hydrogens (tertiary/aromatic N) is 3. The number of morpholine rings is 1. The molecular formula is C26H24F2N4O3S. The number of halogens is 2. The Morgan fingerprint density at radius 3 is 2.56 bits per heavy atom. The van der Waals surface area contributed by atoms with Gasteiger partial charge in [-0.05, 0) is 24.6 Å². The van der Waals surface area contributed by atoms with Crippen molar-refractivity contribution < 1.29 is 21.9 Å². The highest BCUT2D eigenvalue weighted by atomic mass is 32.2. The number of rotatable bonds is 5. The fourth-order valence-corrected chi connectivity index (χ4v) is 5.33. The van der Waals surface area contributed by atoms with E-state index in [0.29, 0.717) is 41.4 Å². The number of ether oxygens (including phenoxy) is 1. The van der Waals surface area contributed by atoms with E-state index in [0.717, 1.165) is 37.2 Å². The third-order valence-electron chi connectivity index (χ3n) is 6.16. The molecule has 2 aromatic heterocycles. The second-order valence-electron chi connectivity index (χ2n) is 8.67. The fourth-order valence-electron chi connectivity index (χ4n) is 4.44. The lowest BCUT2D eigenvalue weighted by Gasteiger charge is -2.28. The zero-order valence-corrected chi connectivity index (χ0v) is 20.6. The topological polar surface area (TPSA) is 84.4 Å². The van der Waals surface area contributed by atoms with Gasteiger partial charge in [0.1, 0.15) is 11.6 Å². The van der Waals surface area contributed by atoms with Crippen molar-refractivity contribution in [1.82, 2.24) is 9.97 Å². The molecule has 0 spiro atoms. The predicted octanol–water partition coefficient (Wildman–Crippen LogP) is 4.87. The lowest BCUT2D eigenvalue weighted by Crippen LogP contribution is -2.36. The molecule has 3 heterocycles. The van der Waals surface area contributed by atoms with Crippen LogP contribution in [0, 0.1) is 18.6 Å². The van der Waals surface area contributed by atoms with Crippen molar-refractivity contribution in [3.63, 3.8) is 0 Å². The summed E-state index contributed by atoms with van der Waals surface area (Å²) < 4.78 is 59.7. The first-order chi connectivity index (χ1) is 17.2. The van der Waals surface area contributed by atoms with Crippen LogP contribution in [0.25, 0.3) is 22.2 Å². The Morgan fingerprint density at radius 2 is 1.81 bits per heavy atom.